The highest BCUT2D eigenvalue weighted by Gasteiger charge is 2.11. The molecule has 122 valence electrons. The van der Waals surface area contributed by atoms with Crippen LogP contribution in [0.15, 0.2) is 45.8 Å². The van der Waals surface area contributed by atoms with E-state index >= 15 is 0 Å². The third-order valence-corrected chi connectivity index (χ3v) is 3.75. The highest BCUT2D eigenvalue weighted by atomic mass is 79.9. The molecule has 1 aromatic heterocycles. The van der Waals surface area contributed by atoms with Gasteiger partial charge in [-0.1, -0.05) is 15.9 Å². The van der Waals surface area contributed by atoms with Crippen molar-refractivity contribution in [3.63, 3.8) is 0 Å². The number of nitro groups is 1. The monoisotopic (exact) mass is 381 g/mol. The zero-order valence-electron chi connectivity index (χ0n) is 12.7. The number of aromatic nitrogens is 1. The summed E-state index contributed by atoms with van der Waals surface area (Å²) in [5.41, 5.74) is 0.546. The molecule has 8 heteroatoms. The Balaban J connectivity index is 2.18. The molecule has 0 aliphatic rings. The number of benzene rings is 1. The SMILES string of the molecule is COc1ccc(Br)cc1CN(C)Cn1cc([N+](=O)[O-])ccc1=O. The molecular formula is C15H16BrN3O4. The van der Waals surface area contributed by atoms with E-state index in [0.717, 1.165) is 15.8 Å². The second kappa shape index (κ2) is 7.38. The molecule has 7 nitrogen and oxygen atoms in total. The van der Waals surface area contributed by atoms with Crippen LogP contribution in [0.2, 0.25) is 0 Å². The van der Waals surface area contributed by atoms with Gasteiger partial charge in [-0.05, 0) is 25.2 Å². The Hall–Kier alpha value is -2.19. The van der Waals surface area contributed by atoms with Gasteiger partial charge in [-0.2, -0.15) is 0 Å². The smallest absolute Gasteiger partial charge is 0.285 e. The zero-order valence-corrected chi connectivity index (χ0v) is 14.3. The Kier molecular flexibility index (Phi) is 5.51. The van der Waals surface area contributed by atoms with Crippen LogP contribution in [-0.4, -0.2) is 28.5 Å². The van der Waals surface area contributed by atoms with E-state index in [1.54, 1.807) is 7.11 Å². The van der Waals surface area contributed by atoms with Crippen LogP contribution >= 0.6 is 15.9 Å². The normalized spacial score (nSPS) is 10.8. The first-order chi connectivity index (χ1) is 10.9. The third kappa shape index (κ3) is 4.40. The van der Waals surface area contributed by atoms with Crippen LogP contribution in [-0.2, 0) is 13.2 Å². The maximum absolute atomic E-state index is 11.8. The summed E-state index contributed by atoms with van der Waals surface area (Å²) in [6.45, 7) is 0.758. The van der Waals surface area contributed by atoms with Gasteiger partial charge in [-0.3, -0.25) is 24.4 Å². The average Bonchev–Trinajstić information content (AvgIpc) is 2.49. The molecule has 0 unspecified atom stereocenters. The molecule has 0 N–H and O–H groups in total. The summed E-state index contributed by atoms with van der Waals surface area (Å²) in [6, 6.07) is 8.08. The van der Waals surface area contributed by atoms with Gasteiger partial charge in [0.25, 0.3) is 11.2 Å². The summed E-state index contributed by atoms with van der Waals surface area (Å²) >= 11 is 3.42. The fourth-order valence-corrected chi connectivity index (χ4v) is 2.62. The van der Waals surface area contributed by atoms with Crippen molar-refractivity contribution >= 4 is 21.6 Å². The quantitative estimate of drug-likeness (QED) is 0.567. The predicted molar refractivity (Wildman–Crippen MR) is 89.5 cm³/mol. The van der Waals surface area contributed by atoms with Gasteiger partial charge in [0.05, 0.1) is 24.9 Å². The Labute approximate surface area is 141 Å². The van der Waals surface area contributed by atoms with Crippen LogP contribution in [0.5, 0.6) is 5.75 Å². The Morgan fingerprint density at radius 3 is 2.74 bits per heavy atom. The second-order valence-corrected chi connectivity index (χ2v) is 5.98. The molecule has 23 heavy (non-hydrogen) atoms. The van der Waals surface area contributed by atoms with Gasteiger partial charge >= 0.3 is 0 Å². The molecule has 0 atom stereocenters. The Bertz CT molecular complexity index is 776. The highest BCUT2D eigenvalue weighted by Crippen LogP contribution is 2.24. The molecule has 2 rings (SSSR count). The lowest BCUT2D eigenvalue weighted by Gasteiger charge is -2.19. The first kappa shape index (κ1) is 17.2. The van der Waals surface area contributed by atoms with Gasteiger partial charge in [0.15, 0.2) is 0 Å². The van der Waals surface area contributed by atoms with E-state index in [1.807, 2.05) is 30.1 Å². The highest BCUT2D eigenvalue weighted by molar-refractivity contribution is 9.10. The lowest BCUT2D eigenvalue weighted by molar-refractivity contribution is -0.385. The van der Waals surface area contributed by atoms with Crippen molar-refractivity contribution in [2.75, 3.05) is 14.2 Å². The van der Waals surface area contributed by atoms with E-state index in [0.29, 0.717) is 6.54 Å². The summed E-state index contributed by atoms with van der Waals surface area (Å²) in [7, 11) is 3.42. The van der Waals surface area contributed by atoms with E-state index in [2.05, 4.69) is 15.9 Å². The number of ether oxygens (including phenoxy) is 1. The van der Waals surface area contributed by atoms with E-state index in [-0.39, 0.29) is 17.9 Å². The maximum atomic E-state index is 11.8. The lowest BCUT2D eigenvalue weighted by Crippen LogP contribution is -2.29. The molecule has 0 saturated heterocycles. The van der Waals surface area contributed by atoms with Crippen LogP contribution in [0, 0.1) is 10.1 Å². The van der Waals surface area contributed by atoms with E-state index in [1.165, 1.54) is 22.9 Å². The van der Waals surface area contributed by atoms with Gasteiger partial charge in [0.1, 0.15) is 5.75 Å². The van der Waals surface area contributed by atoms with Crippen molar-refractivity contribution in [3.05, 3.63) is 67.0 Å². The number of methoxy groups -OCH3 is 1. The largest absolute Gasteiger partial charge is 0.496 e. The van der Waals surface area contributed by atoms with E-state index < -0.39 is 4.92 Å². The molecule has 1 heterocycles. The molecule has 2 aromatic rings. The van der Waals surface area contributed by atoms with Crippen molar-refractivity contribution in [3.8, 4) is 5.75 Å². The third-order valence-electron chi connectivity index (χ3n) is 3.26. The summed E-state index contributed by atoms with van der Waals surface area (Å²) in [4.78, 5) is 24.0. The molecule has 0 aliphatic heterocycles. The minimum Gasteiger partial charge on any atom is -0.496 e. The molecule has 0 spiro atoms. The van der Waals surface area contributed by atoms with E-state index in [4.69, 9.17) is 4.74 Å². The first-order valence-corrected chi connectivity index (χ1v) is 7.56. The summed E-state index contributed by atoms with van der Waals surface area (Å²) in [5.74, 6) is 0.742. The fourth-order valence-electron chi connectivity index (χ4n) is 2.21. The molecule has 0 bridgehead atoms. The number of hydrogen-bond donors (Lipinski definition) is 0. The Morgan fingerprint density at radius 2 is 2.09 bits per heavy atom. The standard InChI is InChI=1S/C15H16BrN3O4/c1-17(8-11-7-12(16)3-5-14(11)23-2)10-18-9-13(19(21)22)4-6-15(18)20/h3-7,9H,8,10H2,1-2H3. The summed E-state index contributed by atoms with van der Waals surface area (Å²) < 4.78 is 7.55. The lowest BCUT2D eigenvalue weighted by atomic mass is 10.2. The fraction of sp³-hybridized carbons (Fsp3) is 0.267. The number of hydrogen-bond acceptors (Lipinski definition) is 5. The van der Waals surface area contributed by atoms with Crippen LogP contribution in [0.1, 0.15) is 5.56 Å². The van der Waals surface area contributed by atoms with Crippen LogP contribution < -0.4 is 10.3 Å². The number of halogens is 1. The number of nitrogens with zero attached hydrogens (tertiary/aromatic N) is 3. The van der Waals surface area contributed by atoms with Gasteiger partial charge in [0.2, 0.25) is 0 Å². The van der Waals surface area contributed by atoms with Crippen LogP contribution in [0.4, 0.5) is 5.69 Å². The van der Waals surface area contributed by atoms with E-state index in [9.17, 15) is 14.9 Å². The maximum Gasteiger partial charge on any atom is 0.285 e. The molecule has 0 amide bonds. The van der Waals surface area contributed by atoms with Crippen molar-refractivity contribution in [1.29, 1.82) is 0 Å². The van der Waals surface area contributed by atoms with Gasteiger partial charge < -0.3 is 4.74 Å². The zero-order chi connectivity index (χ0) is 17.0. The summed E-state index contributed by atoms with van der Waals surface area (Å²) in [6.07, 6.45) is 1.25. The van der Waals surface area contributed by atoms with Crippen molar-refractivity contribution < 1.29 is 9.66 Å². The average molecular weight is 382 g/mol. The van der Waals surface area contributed by atoms with Crippen LogP contribution in [0.25, 0.3) is 0 Å². The molecular weight excluding hydrogens is 366 g/mol. The van der Waals surface area contributed by atoms with Crippen LogP contribution in [0.3, 0.4) is 0 Å². The number of rotatable bonds is 6. The predicted octanol–water partition coefficient (Wildman–Crippen LogP) is 2.62. The minimum absolute atomic E-state index is 0.113. The first-order valence-electron chi connectivity index (χ1n) is 6.76. The molecule has 0 saturated carbocycles. The topological polar surface area (TPSA) is 77.6 Å². The van der Waals surface area contributed by atoms with Crippen molar-refractivity contribution in [2.24, 2.45) is 0 Å². The van der Waals surface area contributed by atoms with Gasteiger partial charge in [0, 0.05) is 28.7 Å². The number of pyridine rings is 1. The second-order valence-electron chi connectivity index (χ2n) is 5.06. The Morgan fingerprint density at radius 1 is 1.35 bits per heavy atom. The molecule has 0 fully saturated rings. The minimum atomic E-state index is -0.521. The van der Waals surface area contributed by atoms with Crippen molar-refractivity contribution in [1.82, 2.24) is 9.47 Å². The summed E-state index contributed by atoms with van der Waals surface area (Å²) in [5, 5.41) is 10.8. The molecule has 0 radical (unpaired) electrons. The molecule has 0 aliphatic carbocycles. The van der Waals surface area contributed by atoms with Gasteiger partial charge in [-0.15, -0.1) is 0 Å². The van der Waals surface area contributed by atoms with Crippen molar-refractivity contribution in [2.45, 2.75) is 13.2 Å². The molecule has 1 aromatic carbocycles. The van der Waals surface area contributed by atoms with Gasteiger partial charge in [-0.25, -0.2) is 0 Å².